The van der Waals surface area contributed by atoms with E-state index in [1.165, 1.54) is 16.2 Å². The van der Waals surface area contributed by atoms with Gasteiger partial charge in [-0.25, -0.2) is 4.79 Å². The Hall–Kier alpha value is -3.93. The lowest BCUT2D eigenvalue weighted by molar-refractivity contribution is -0.139. The summed E-state index contributed by atoms with van der Waals surface area (Å²) in [6, 6.07) is 8.15. The van der Waals surface area contributed by atoms with Gasteiger partial charge in [-0.2, -0.15) is 0 Å². The Labute approximate surface area is 204 Å². The molecular weight excluding hydrogens is 474 g/mol. The predicted molar refractivity (Wildman–Crippen MR) is 123 cm³/mol. The molecular formula is C23H23N5O6S. The maximum absolute atomic E-state index is 13.3. The topological polar surface area (TPSA) is 127 Å². The highest BCUT2D eigenvalue weighted by molar-refractivity contribution is 7.13. The van der Waals surface area contributed by atoms with Gasteiger partial charge in [-0.3, -0.25) is 14.5 Å². The van der Waals surface area contributed by atoms with E-state index >= 15 is 0 Å². The van der Waals surface area contributed by atoms with Crippen molar-refractivity contribution in [3.05, 3.63) is 47.2 Å². The molecule has 12 heteroatoms. The zero-order valence-electron chi connectivity index (χ0n) is 19.1. The van der Waals surface area contributed by atoms with E-state index in [0.29, 0.717) is 35.9 Å². The third kappa shape index (κ3) is 4.20. The van der Waals surface area contributed by atoms with Crippen molar-refractivity contribution in [3.63, 3.8) is 0 Å². The van der Waals surface area contributed by atoms with Crippen LogP contribution in [0.3, 0.4) is 0 Å². The first-order valence-corrected chi connectivity index (χ1v) is 12.0. The number of amides is 4. The second-order valence-corrected chi connectivity index (χ2v) is 9.26. The van der Waals surface area contributed by atoms with Gasteiger partial charge in [0.1, 0.15) is 12.1 Å². The normalized spacial score (nSPS) is 18.7. The Morgan fingerprint density at radius 1 is 1.23 bits per heavy atom. The van der Waals surface area contributed by atoms with Gasteiger partial charge in [0, 0.05) is 6.54 Å². The Morgan fingerprint density at radius 3 is 2.83 bits per heavy atom. The van der Waals surface area contributed by atoms with Crippen molar-refractivity contribution in [3.8, 4) is 22.3 Å². The molecule has 1 fully saturated rings. The van der Waals surface area contributed by atoms with Crippen LogP contribution in [0, 0.1) is 0 Å². The molecule has 0 aliphatic carbocycles. The molecule has 1 saturated heterocycles. The molecule has 35 heavy (non-hydrogen) atoms. The van der Waals surface area contributed by atoms with Crippen molar-refractivity contribution in [1.29, 1.82) is 0 Å². The summed E-state index contributed by atoms with van der Waals surface area (Å²) in [5, 5.41) is 12.7. The van der Waals surface area contributed by atoms with E-state index < -0.39 is 29.9 Å². The molecule has 4 heterocycles. The van der Waals surface area contributed by atoms with Crippen LogP contribution in [-0.4, -0.2) is 57.7 Å². The summed E-state index contributed by atoms with van der Waals surface area (Å²) in [6.45, 7) is 3.70. The number of nitrogens with one attached hydrogen (secondary N) is 1. The molecule has 2 aromatic heterocycles. The van der Waals surface area contributed by atoms with Crippen molar-refractivity contribution in [2.75, 3.05) is 19.9 Å². The molecule has 0 spiro atoms. The molecule has 2 aliphatic rings. The zero-order valence-corrected chi connectivity index (χ0v) is 20.0. The van der Waals surface area contributed by atoms with Crippen molar-refractivity contribution < 1.29 is 28.3 Å². The first kappa shape index (κ1) is 22.8. The van der Waals surface area contributed by atoms with Gasteiger partial charge >= 0.3 is 6.03 Å². The molecule has 1 unspecified atom stereocenters. The fraction of sp³-hybridized carbons (Fsp3) is 0.348. The minimum Gasteiger partial charge on any atom is -0.454 e. The molecule has 1 N–H and O–H groups in total. The third-order valence-corrected chi connectivity index (χ3v) is 6.75. The van der Waals surface area contributed by atoms with Crippen LogP contribution in [0.5, 0.6) is 11.5 Å². The third-order valence-electron chi connectivity index (χ3n) is 5.89. The Kier molecular flexibility index (Phi) is 5.89. The summed E-state index contributed by atoms with van der Waals surface area (Å²) in [6.07, 6.45) is 0.673. The Bertz CT molecular complexity index is 1280. The number of thiophene rings is 1. The standard InChI is InChI=1S/C23H23N5O6S/c1-3-8-27(11-18-25-26-20(34-18)17-5-4-9-35-17)19(29)12-28-21(30)23(2,24-22(28)31)14-6-7-15-16(10-14)33-13-32-15/h4-7,9-10H,3,8,11-13H2,1-2H3,(H,24,31). The Morgan fingerprint density at radius 2 is 2.06 bits per heavy atom. The summed E-state index contributed by atoms with van der Waals surface area (Å²) in [5.41, 5.74) is -0.803. The van der Waals surface area contributed by atoms with Crippen molar-refractivity contribution in [2.24, 2.45) is 0 Å². The number of benzene rings is 1. The molecule has 0 bridgehead atoms. The smallest absolute Gasteiger partial charge is 0.325 e. The lowest BCUT2D eigenvalue weighted by atomic mass is 9.91. The van der Waals surface area contributed by atoms with Crippen molar-refractivity contribution in [2.45, 2.75) is 32.4 Å². The summed E-state index contributed by atoms with van der Waals surface area (Å²) in [7, 11) is 0. The first-order chi connectivity index (χ1) is 16.9. The van der Waals surface area contributed by atoms with E-state index in [1.807, 2.05) is 24.4 Å². The number of hydrogen-bond donors (Lipinski definition) is 1. The average Bonchev–Trinajstić information content (AvgIpc) is 3.64. The van der Waals surface area contributed by atoms with Crippen LogP contribution in [-0.2, 0) is 21.7 Å². The number of carbonyl (C=O) groups is 3. The van der Waals surface area contributed by atoms with Crippen LogP contribution in [0.25, 0.3) is 10.8 Å². The molecule has 1 aromatic carbocycles. The van der Waals surface area contributed by atoms with Crippen LogP contribution in [0.4, 0.5) is 4.79 Å². The molecule has 0 saturated carbocycles. The first-order valence-electron chi connectivity index (χ1n) is 11.1. The number of imide groups is 1. The number of rotatable bonds is 8. The molecule has 5 rings (SSSR count). The van der Waals surface area contributed by atoms with E-state index in [9.17, 15) is 14.4 Å². The van der Waals surface area contributed by atoms with Crippen LogP contribution < -0.4 is 14.8 Å². The van der Waals surface area contributed by atoms with Gasteiger partial charge in [0.15, 0.2) is 11.5 Å². The Balaban J connectivity index is 1.30. The van der Waals surface area contributed by atoms with Gasteiger partial charge in [-0.05, 0) is 42.5 Å². The fourth-order valence-electron chi connectivity index (χ4n) is 4.02. The fourth-order valence-corrected chi connectivity index (χ4v) is 4.67. The van der Waals surface area contributed by atoms with Crippen LogP contribution >= 0.6 is 11.3 Å². The quantitative estimate of drug-likeness (QED) is 0.471. The van der Waals surface area contributed by atoms with Crippen molar-refractivity contribution in [1.82, 2.24) is 25.3 Å². The zero-order chi connectivity index (χ0) is 24.6. The predicted octanol–water partition coefficient (Wildman–Crippen LogP) is 2.73. The van der Waals surface area contributed by atoms with Crippen LogP contribution in [0.1, 0.15) is 31.7 Å². The second kappa shape index (κ2) is 9.02. The SMILES string of the molecule is CCCN(Cc1nnc(-c2cccs2)o1)C(=O)CN1C(=O)NC(C)(c2ccc3c(c2)OCO3)C1=O. The molecule has 182 valence electrons. The molecule has 11 nitrogen and oxygen atoms in total. The van der Waals surface area contributed by atoms with Crippen LogP contribution in [0.2, 0.25) is 0 Å². The minimum absolute atomic E-state index is 0.0775. The molecule has 1 atom stereocenters. The second-order valence-electron chi connectivity index (χ2n) is 8.31. The lowest BCUT2D eigenvalue weighted by Gasteiger charge is -2.24. The monoisotopic (exact) mass is 497 g/mol. The summed E-state index contributed by atoms with van der Waals surface area (Å²) < 4.78 is 16.4. The number of aromatic nitrogens is 2. The number of carbonyl (C=O) groups excluding carboxylic acids is 3. The summed E-state index contributed by atoms with van der Waals surface area (Å²) >= 11 is 1.47. The number of urea groups is 1. The highest BCUT2D eigenvalue weighted by atomic mass is 32.1. The van der Waals surface area contributed by atoms with Gasteiger partial charge < -0.3 is 24.1 Å². The average molecular weight is 498 g/mol. The van der Waals surface area contributed by atoms with Gasteiger partial charge in [0.2, 0.25) is 18.6 Å². The van der Waals surface area contributed by atoms with E-state index in [2.05, 4.69) is 15.5 Å². The number of fused-ring (bicyclic) bond motifs is 1. The highest BCUT2D eigenvalue weighted by Gasteiger charge is 2.50. The molecule has 4 amide bonds. The summed E-state index contributed by atoms with van der Waals surface area (Å²) in [4.78, 5) is 42.5. The highest BCUT2D eigenvalue weighted by Crippen LogP contribution is 2.37. The number of nitrogens with zero attached hydrogens (tertiary/aromatic N) is 4. The molecule has 0 radical (unpaired) electrons. The van der Waals surface area contributed by atoms with Crippen molar-refractivity contribution >= 4 is 29.2 Å². The minimum atomic E-state index is -1.34. The van der Waals surface area contributed by atoms with E-state index in [4.69, 9.17) is 13.9 Å². The maximum Gasteiger partial charge on any atom is 0.325 e. The van der Waals surface area contributed by atoms with E-state index in [-0.39, 0.29) is 19.2 Å². The molecule has 2 aliphatic heterocycles. The van der Waals surface area contributed by atoms with Gasteiger partial charge in [-0.15, -0.1) is 21.5 Å². The lowest BCUT2D eigenvalue weighted by Crippen LogP contribution is -2.44. The largest absolute Gasteiger partial charge is 0.454 e. The van der Waals surface area contributed by atoms with E-state index in [1.54, 1.807) is 25.1 Å². The summed E-state index contributed by atoms with van der Waals surface area (Å²) in [5.74, 6) is 0.797. The maximum atomic E-state index is 13.3. The number of hydrogen-bond acceptors (Lipinski definition) is 9. The van der Waals surface area contributed by atoms with E-state index in [0.717, 1.165) is 9.78 Å². The van der Waals surface area contributed by atoms with Gasteiger partial charge in [0.05, 0.1) is 11.4 Å². The van der Waals surface area contributed by atoms with Gasteiger partial charge in [0.25, 0.3) is 11.8 Å². The number of ether oxygens (including phenoxy) is 2. The molecule has 3 aromatic rings. The van der Waals surface area contributed by atoms with Gasteiger partial charge in [-0.1, -0.05) is 19.1 Å². The van der Waals surface area contributed by atoms with Crippen LogP contribution in [0.15, 0.2) is 40.1 Å².